The van der Waals surface area contributed by atoms with Crippen molar-refractivity contribution in [3.05, 3.63) is 47.9 Å². The Bertz CT molecular complexity index is 1550. The number of alkyl halides is 3. The third kappa shape index (κ3) is 5.30. The molecule has 5 heterocycles. The molecule has 11 nitrogen and oxygen atoms in total. The van der Waals surface area contributed by atoms with Gasteiger partial charge in [0.25, 0.3) is 5.91 Å². The van der Waals surface area contributed by atoms with E-state index in [0.29, 0.717) is 29.7 Å². The molecule has 0 spiro atoms. The van der Waals surface area contributed by atoms with E-state index in [2.05, 4.69) is 30.5 Å². The van der Waals surface area contributed by atoms with Gasteiger partial charge in [-0.1, -0.05) is 6.92 Å². The zero-order valence-corrected chi connectivity index (χ0v) is 22.4. The molecule has 40 heavy (non-hydrogen) atoms. The van der Waals surface area contributed by atoms with E-state index in [1.807, 2.05) is 15.7 Å². The first-order chi connectivity index (χ1) is 19.0. The lowest BCUT2D eigenvalue weighted by atomic mass is 9.96. The average Bonchev–Trinajstić information content (AvgIpc) is 3.25. The summed E-state index contributed by atoms with van der Waals surface area (Å²) in [6, 6.07) is 1.67. The molecule has 1 saturated heterocycles. The molecule has 1 aliphatic carbocycles. The van der Waals surface area contributed by atoms with Crippen LogP contribution in [0.1, 0.15) is 48.8 Å². The Balaban J connectivity index is 1.22. The fraction of sp³-hybridized carbons (Fsp3) is 0.440. The number of amides is 1. The maximum atomic E-state index is 13.2. The number of aliphatic hydroxyl groups is 1. The normalized spacial score (nSPS) is 17.5. The first-order valence-electron chi connectivity index (χ1n) is 12.7. The Labute approximate surface area is 230 Å². The molecule has 1 unspecified atom stereocenters. The summed E-state index contributed by atoms with van der Waals surface area (Å²) in [4.78, 5) is 28.4. The van der Waals surface area contributed by atoms with Crippen LogP contribution >= 0.6 is 11.3 Å². The van der Waals surface area contributed by atoms with Crippen molar-refractivity contribution < 1.29 is 23.1 Å². The molecule has 210 valence electrons. The van der Waals surface area contributed by atoms with E-state index >= 15 is 0 Å². The standard InChI is InChI=1S/C25H26F3N9O2S/c1-14(25(26,27)28)7-36-13-31-34-21(36)23-33-20(9-40-23)32-22(38)16-5-18(35-8-17(30-12-35)15-3-4-15)19(6-29-16)37-10-24(2,39)11-37/h5-6,8-9,12-15,39H,3-4,7,10-11H2,1-2H3,(H,32,38). The second-order valence-corrected chi connectivity index (χ2v) is 11.5. The number of anilines is 2. The van der Waals surface area contributed by atoms with Crippen LogP contribution in [0.5, 0.6) is 0 Å². The van der Waals surface area contributed by atoms with Gasteiger partial charge in [-0.15, -0.1) is 21.5 Å². The molecule has 1 aliphatic heterocycles. The molecule has 15 heteroatoms. The molecule has 4 aromatic heterocycles. The van der Waals surface area contributed by atoms with Crippen molar-refractivity contribution in [3.63, 3.8) is 0 Å². The Morgan fingerprint density at radius 1 is 1.25 bits per heavy atom. The Morgan fingerprint density at radius 3 is 2.73 bits per heavy atom. The van der Waals surface area contributed by atoms with Crippen LogP contribution in [0.3, 0.4) is 0 Å². The Morgan fingerprint density at radius 2 is 2.02 bits per heavy atom. The molecule has 2 N–H and O–H groups in total. The highest BCUT2D eigenvalue weighted by molar-refractivity contribution is 7.13. The first-order valence-corrected chi connectivity index (χ1v) is 13.6. The van der Waals surface area contributed by atoms with Gasteiger partial charge in [0, 0.05) is 37.1 Å². The van der Waals surface area contributed by atoms with Gasteiger partial charge in [-0.3, -0.25) is 4.79 Å². The van der Waals surface area contributed by atoms with Crippen molar-refractivity contribution in [2.45, 2.75) is 50.9 Å². The number of pyridine rings is 1. The number of aromatic nitrogens is 7. The molecule has 1 saturated carbocycles. The predicted octanol–water partition coefficient (Wildman–Crippen LogP) is 3.88. The summed E-state index contributed by atoms with van der Waals surface area (Å²) in [5.41, 5.74) is 1.83. The van der Waals surface area contributed by atoms with E-state index in [1.165, 1.54) is 10.9 Å². The van der Waals surface area contributed by atoms with Gasteiger partial charge in [-0.25, -0.2) is 15.0 Å². The zero-order valence-electron chi connectivity index (χ0n) is 21.6. The predicted molar refractivity (Wildman–Crippen MR) is 140 cm³/mol. The van der Waals surface area contributed by atoms with Gasteiger partial charge in [-0.05, 0) is 25.8 Å². The van der Waals surface area contributed by atoms with E-state index in [9.17, 15) is 23.1 Å². The van der Waals surface area contributed by atoms with E-state index in [1.54, 1.807) is 30.9 Å². The summed E-state index contributed by atoms with van der Waals surface area (Å²) in [7, 11) is 0. The van der Waals surface area contributed by atoms with Crippen LogP contribution in [0.2, 0.25) is 0 Å². The monoisotopic (exact) mass is 573 g/mol. The lowest BCUT2D eigenvalue weighted by Gasteiger charge is -2.46. The number of imidazole rings is 1. The van der Waals surface area contributed by atoms with Crippen LogP contribution in [0.25, 0.3) is 16.5 Å². The third-order valence-electron chi connectivity index (χ3n) is 6.96. The highest BCUT2D eigenvalue weighted by atomic mass is 32.1. The molecule has 1 atom stereocenters. The molecular formula is C25H26F3N9O2S. The van der Waals surface area contributed by atoms with Crippen LogP contribution in [-0.4, -0.2) is 70.2 Å². The summed E-state index contributed by atoms with van der Waals surface area (Å²) in [6.07, 6.45) is 4.37. The van der Waals surface area contributed by atoms with Gasteiger partial charge in [-0.2, -0.15) is 13.2 Å². The van der Waals surface area contributed by atoms with Crippen molar-refractivity contribution >= 4 is 28.7 Å². The number of rotatable bonds is 8. The fourth-order valence-corrected chi connectivity index (χ4v) is 5.33. The average molecular weight is 574 g/mol. The highest BCUT2D eigenvalue weighted by Gasteiger charge is 2.38. The number of nitrogens with zero attached hydrogens (tertiary/aromatic N) is 8. The molecule has 2 fully saturated rings. The highest BCUT2D eigenvalue weighted by Crippen LogP contribution is 2.40. The van der Waals surface area contributed by atoms with Gasteiger partial charge >= 0.3 is 6.18 Å². The third-order valence-corrected chi connectivity index (χ3v) is 7.79. The summed E-state index contributed by atoms with van der Waals surface area (Å²) in [5.74, 6) is -1.24. The van der Waals surface area contributed by atoms with Crippen molar-refractivity contribution in [2.75, 3.05) is 23.3 Å². The SMILES string of the molecule is CC(Cn1cnnc1-c1nc(NC(=O)c2cc(-n3cnc(C4CC4)c3)c(N3CC(C)(O)C3)cn2)cs1)C(F)(F)F. The molecule has 4 aromatic rings. The Kier molecular flexibility index (Phi) is 6.37. The number of carbonyl (C=O) groups excluding carboxylic acids is 1. The van der Waals surface area contributed by atoms with E-state index in [0.717, 1.165) is 42.5 Å². The van der Waals surface area contributed by atoms with Crippen LogP contribution in [0, 0.1) is 5.92 Å². The number of thiazole rings is 1. The van der Waals surface area contributed by atoms with Gasteiger partial charge in [0.1, 0.15) is 17.8 Å². The minimum Gasteiger partial charge on any atom is -0.386 e. The molecule has 0 aromatic carbocycles. The maximum absolute atomic E-state index is 13.2. The van der Waals surface area contributed by atoms with E-state index in [4.69, 9.17) is 0 Å². The van der Waals surface area contributed by atoms with Crippen LogP contribution in [-0.2, 0) is 6.54 Å². The minimum atomic E-state index is -4.35. The van der Waals surface area contributed by atoms with Gasteiger partial charge in [0.15, 0.2) is 10.8 Å². The zero-order chi connectivity index (χ0) is 28.2. The number of hydrogen-bond donors (Lipinski definition) is 2. The quantitative estimate of drug-likeness (QED) is 0.325. The summed E-state index contributed by atoms with van der Waals surface area (Å²) < 4.78 is 42.3. The number of hydrogen-bond acceptors (Lipinski definition) is 9. The van der Waals surface area contributed by atoms with Crippen LogP contribution in [0.15, 0.2) is 36.5 Å². The largest absolute Gasteiger partial charge is 0.393 e. The van der Waals surface area contributed by atoms with Gasteiger partial charge in [0.05, 0.1) is 41.1 Å². The van der Waals surface area contributed by atoms with E-state index in [-0.39, 0.29) is 23.9 Å². The first kappa shape index (κ1) is 26.4. The summed E-state index contributed by atoms with van der Waals surface area (Å²) >= 11 is 1.13. The number of halogens is 3. The van der Waals surface area contributed by atoms with Crippen molar-refractivity contribution in [1.29, 1.82) is 0 Å². The fourth-order valence-electron chi connectivity index (χ4n) is 4.59. The summed E-state index contributed by atoms with van der Waals surface area (Å²) in [6.45, 7) is 3.37. The van der Waals surface area contributed by atoms with Gasteiger partial charge in [0.2, 0.25) is 0 Å². The lowest BCUT2D eigenvalue weighted by molar-refractivity contribution is -0.172. The number of nitrogens with one attached hydrogen (secondary N) is 1. The molecule has 2 aliphatic rings. The van der Waals surface area contributed by atoms with Crippen LogP contribution in [0.4, 0.5) is 24.7 Å². The molecular weight excluding hydrogens is 547 g/mol. The second-order valence-electron chi connectivity index (χ2n) is 10.6. The van der Waals surface area contributed by atoms with Crippen molar-refractivity contribution in [1.82, 2.24) is 34.3 Å². The summed E-state index contributed by atoms with van der Waals surface area (Å²) in [5, 5.41) is 22.5. The van der Waals surface area contributed by atoms with Crippen LogP contribution < -0.4 is 10.2 Å². The van der Waals surface area contributed by atoms with E-state index < -0.39 is 23.6 Å². The van der Waals surface area contributed by atoms with Gasteiger partial charge < -0.3 is 24.5 Å². The lowest BCUT2D eigenvalue weighted by Crippen LogP contribution is -2.60. The molecule has 0 radical (unpaired) electrons. The Hall–Kier alpha value is -3.85. The van der Waals surface area contributed by atoms with Crippen molar-refractivity contribution in [3.8, 4) is 16.5 Å². The smallest absolute Gasteiger partial charge is 0.386 e. The molecule has 0 bridgehead atoms. The molecule has 1 amide bonds. The maximum Gasteiger partial charge on any atom is 0.393 e. The second kappa shape index (κ2) is 9.66. The topological polar surface area (TPSA) is 127 Å². The van der Waals surface area contributed by atoms with Crippen molar-refractivity contribution in [2.24, 2.45) is 5.92 Å². The number of carbonyl (C=O) groups is 1. The number of β-amino-alcohol motifs (C(OH)–C–C–N with tert-alkyl or cyclic N) is 1. The minimum absolute atomic E-state index is 0.143. The molecule has 6 rings (SSSR count).